The summed E-state index contributed by atoms with van der Waals surface area (Å²) in [7, 11) is 0. The predicted molar refractivity (Wildman–Crippen MR) is 137 cm³/mol. The molecule has 1 unspecified atom stereocenters. The summed E-state index contributed by atoms with van der Waals surface area (Å²) in [6.07, 6.45) is 1.48. The number of anilines is 1. The normalized spacial score (nSPS) is 14.9. The van der Waals surface area contributed by atoms with Gasteiger partial charge in [-0.2, -0.15) is 0 Å². The summed E-state index contributed by atoms with van der Waals surface area (Å²) in [6.45, 7) is 7.25. The van der Waals surface area contributed by atoms with Crippen LogP contribution < -0.4 is 10.3 Å². The predicted octanol–water partition coefficient (Wildman–Crippen LogP) is 5.72. The average Bonchev–Trinajstić information content (AvgIpc) is 3.36. The molecule has 2 aromatic carbocycles. The van der Waals surface area contributed by atoms with Crippen LogP contribution in [0.15, 0.2) is 68.8 Å². The third kappa shape index (κ3) is 3.90. The number of aromatic nitrogens is 1. The van der Waals surface area contributed by atoms with Crippen molar-refractivity contribution in [2.75, 3.05) is 11.5 Å². The van der Waals surface area contributed by atoms with Crippen LogP contribution in [-0.2, 0) is 4.74 Å². The fourth-order valence-corrected chi connectivity index (χ4v) is 5.43. The third-order valence-electron chi connectivity index (χ3n) is 5.73. The highest BCUT2D eigenvalue weighted by molar-refractivity contribution is 9.10. The first-order valence-corrected chi connectivity index (χ1v) is 12.3. The van der Waals surface area contributed by atoms with E-state index < -0.39 is 17.9 Å². The molecule has 35 heavy (non-hydrogen) atoms. The van der Waals surface area contributed by atoms with E-state index in [1.807, 2.05) is 31.2 Å². The fourth-order valence-electron chi connectivity index (χ4n) is 4.08. The van der Waals surface area contributed by atoms with Gasteiger partial charge in [0.15, 0.2) is 10.6 Å². The quantitative estimate of drug-likeness (QED) is 0.233. The van der Waals surface area contributed by atoms with Gasteiger partial charge < -0.3 is 9.15 Å². The molecule has 0 N–H and O–H groups in total. The molecule has 4 aromatic rings. The number of carbonyl (C=O) groups excluding carboxylic acids is 2. The summed E-state index contributed by atoms with van der Waals surface area (Å²) in [5, 5.41) is 0.647. The lowest BCUT2D eigenvalue weighted by Crippen LogP contribution is -2.29. The average molecular weight is 551 g/mol. The zero-order chi connectivity index (χ0) is 24.9. The molecule has 3 heterocycles. The van der Waals surface area contributed by atoms with Crippen molar-refractivity contribution in [2.24, 2.45) is 0 Å². The first-order chi connectivity index (χ1) is 16.8. The molecule has 1 amide bonds. The minimum atomic E-state index is -0.764. The molecule has 1 aliphatic rings. The standard InChI is InChI=1S/C26H19BrN2O5S/c1-4-11-33-25(32)23-14(3)28-26(35-23)29-20(15-7-5-13(2)6-8-15)19-21(30)17-12-16(27)9-10-18(17)34-22(19)24(29)31/h4-10,12,20H,1,11H2,2-3H3. The number of nitrogens with zero attached hydrogens (tertiary/aromatic N) is 2. The maximum absolute atomic E-state index is 13.7. The number of benzene rings is 2. The number of hydrogen-bond acceptors (Lipinski definition) is 7. The Morgan fingerprint density at radius 1 is 1.23 bits per heavy atom. The molecule has 176 valence electrons. The first-order valence-electron chi connectivity index (χ1n) is 10.7. The topological polar surface area (TPSA) is 89.7 Å². The van der Waals surface area contributed by atoms with Gasteiger partial charge in [-0.1, -0.05) is 69.8 Å². The van der Waals surface area contributed by atoms with Crippen LogP contribution in [0.3, 0.4) is 0 Å². The summed E-state index contributed by atoms with van der Waals surface area (Å²) >= 11 is 4.44. The number of halogens is 1. The Hall–Kier alpha value is -3.56. The van der Waals surface area contributed by atoms with Gasteiger partial charge in [0.05, 0.1) is 22.7 Å². The van der Waals surface area contributed by atoms with Gasteiger partial charge in [-0.15, -0.1) is 0 Å². The van der Waals surface area contributed by atoms with Gasteiger partial charge in [0.25, 0.3) is 5.91 Å². The van der Waals surface area contributed by atoms with Crippen molar-refractivity contribution in [1.82, 2.24) is 4.98 Å². The minimum Gasteiger partial charge on any atom is -0.457 e. The smallest absolute Gasteiger partial charge is 0.350 e. The highest BCUT2D eigenvalue weighted by Crippen LogP contribution is 2.43. The van der Waals surface area contributed by atoms with Crippen LogP contribution in [0.1, 0.15) is 48.7 Å². The number of rotatable bonds is 5. The van der Waals surface area contributed by atoms with Crippen molar-refractivity contribution in [1.29, 1.82) is 0 Å². The van der Waals surface area contributed by atoms with Crippen LogP contribution in [0.2, 0.25) is 0 Å². The zero-order valence-corrected chi connectivity index (χ0v) is 21.2. The van der Waals surface area contributed by atoms with Gasteiger partial charge in [0, 0.05) is 4.47 Å². The van der Waals surface area contributed by atoms with Crippen molar-refractivity contribution in [2.45, 2.75) is 19.9 Å². The lowest BCUT2D eigenvalue weighted by Gasteiger charge is -2.22. The monoisotopic (exact) mass is 550 g/mol. The Morgan fingerprint density at radius 2 is 1.97 bits per heavy atom. The molecular weight excluding hydrogens is 532 g/mol. The Bertz CT molecular complexity index is 1570. The number of aryl methyl sites for hydroxylation is 2. The van der Waals surface area contributed by atoms with Crippen LogP contribution in [0.5, 0.6) is 0 Å². The van der Waals surface area contributed by atoms with E-state index in [0.29, 0.717) is 16.7 Å². The second kappa shape index (κ2) is 8.90. The van der Waals surface area contributed by atoms with Crippen LogP contribution in [0.4, 0.5) is 5.13 Å². The van der Waals surface area contributed by atoms with Crippen molar-refractivity contribution in [3.63, 3.8) is 0 Å². The third-order valence-corrected chi connectivity index (χ3v) is 7.36. The molecule has 0 radical (unpaired) electrons. The summed E-state index contributed by atoms with van der Waals surface area (Å²) in [4.78, 5) is 46.1. The maximum Gasteiger partial charge on any atom is 0.350 e. The second-order valence-corrected chi connectivity index (χ2v) is 9.99. The summed E-state index contributed by atoms with van der Waals surface area (Å²) < 4.78 is 11.9. The van der Waals surface area contributed by atoms with Gasteiger partial charge in [-0.05, 0) is 37.6 Å². The zero-order valence-electron chi connectivity index (χ0n) is 18.8. The van der Waals surface area contributed by atoms with Crippen LogP contribution in [0.25, 0.3) is 11.0 Å². The van der Waals surface area contributed by atoms with Crippen molar-refractivity contribution < 1.29 is 18.7 Å². The molecule has 0 saturated carbocycles. The van der Waals surface area contributed by atoms with Crippen molar-refractivity contribution in [3.05, 3.63) is 103 Å². The van der Waals surface area contributed by atoms with Gasteiger partial charge in [-0.25, -0.2) is 9.78 Å². The van der Waals surface area contributed by atoms with E-state index in [1.165, 1.54) is 11.0 Å². The van der Waals surface area contributed by atoms with Gasteiger partial charge in [-0.3, -0.25) is 14.5 Å². The molecule has 0 bridgehead atoms. The molecule has 2 aromatic heterocycles. The lowest BCUT2D eigenvalue weighted by atomic mass is 9.98. The molecule has 5 rings (SSSR count). The van der Waals surface area contributed by atoms with E-state index in [-0.39, 0.29) is 33.4 Å². The Labute approximate surface area is 212 Å². The largest absolute Gasteiger partial charge is 0.457 e. The van der Waals surface area contributed by atoms with E-state index in [2.05, 4.69) is 27.5 Å². The van der Waals surface area contributed by atoms with E-state index >= 15 is 0 Å². The molecule has 9 heteroatoms. The Morgan fingerprint density at radius 3 is 2.69 bits per heavy atom. The van der Waals surface area contributed by atoms with Gasteiger partial charge in [0.2, 0.25) is 5.76 Å². The maximum atomic E-state index is 13.7. The summed E-state index contributed by atoms with van der Waals surface area (Å²) in [6, 6.07) is 11.9. The number of fused-ring (bicyclic) bond motifs is 2. The SMILES string of the molecule is C=CCOC(=O)c1sc(N2C(=O)c3oc4ccc(Br)cc4c(=O)c3C2c2ccc(C)cc2)nc1C. The molecule has 0 fully saturated rings. The summed E-state index contributed by atoms with van der Waals surface area (Å²) in [5.74, 6) is -1.07. The summed E-state index contributed by atoms with van der Waals surface area (Å²) in [5.41, 5.74) is 2.47. The molecule has 0 saturated heterocycles. The number of ether oxygens (including phenoxy) is 1. The molecule has 7 nitrogen and oxygen atoms in total. The number of carbonyl (C=O) groups is 2. The second-order valence-electron chi connectivity index (χ2n) is 8.10. The van der Waals surface area contributed by atoms with Crippen LogP contribution in [0, 0.1) is 13.8 Å². The van der Waals surface area contributed by atoms with Gasteiger partial charge >= 0.3 is 5.97 Å². The lowest BCUT2D eigenvalue weighted by molar-refractivity contribution is 0.0554. The van der Waals surface area contributed by atoms with Crippen molar-refractivity contribution in [3.8, 4) is 0 Å². The van der Waals surface area contributed by atoms with E-state index in [0.717, 1.165) is 26.9 Å². The van der Waals surface area contributed by atoms with E-state index in [9.17, 15) is 14.4 Å². The molecular formula is C26H19BrN2O5S. The first kappa shape index (κ1) is 23.2. The van der Waals surface area contributed by atoms with E-state index in [4.69, 9.17) is 9.15 Å². The Kier molecular flexibility index (Phi) is 5.90. The number of hydrogen-bond donors (Lipinski definition) is 0. The number of esters is 1. The number of amides is 1. The van der Waals surface area contributed by atoms with E-state index in [1.54, 1.807) is 25.1 Å². The number of thiazole rings is 1. The Balaban J connectivity index is 1.72. The van der Waals surface area contributed by atoms with Crippen molar-refractivity contribution >= 4 is 55.2 Å². The molecule has 1 atom stereocenters. The van der Waals surface area contributed by atoms with Crippen LogP contribution >= 0.6 is 27.3 Å². The molecule has 0 spiro atoms. The van der Waals surface area contributed by atoms with Crippen LogP contribution in [-0.4, -0.2) is 23.5 Å². The molecule has 1 aliphatic heterocycles. The van der Waals surface area contributed by atoms with Gasteiger partial charge in [0.1, 0.15) is 17.1 Å². The minimum absolute atomic E-state index is 0.0287. The highest BCUT2D eigenvalue weighted by atomic mass is 79.9. The fraction of sp³-hybridized carbons (Fsp3) is 0.154. The highest BCUT2D eigenvalue weighted by Gasteiger charge is 2.45. The molecule has 0 aliphatic carbocycles.